The van der Waals surface area contributed by atoms with Crippen LogP contribution in [-0.4, -0.2) is 78.9 Å². The molecule has 0 amide bonds. The summed E-state index contributed by atoms with van der Waals surface area (Å²) in [6.07, 6.45) is -2.22. The minimum atomic E-state index is -1.45. The summed E-state index contributed by atoms with van der Waals surface area (Å²) in [5.41, 5.74) is 0.698. The zero-order chi connectivity index (χ0) is 41.2. The molecule has 0 saturated carbocycles. The van der Waals surface area contributed by atoms with Crippen LogP contribution in [-0.2, 0) is 66.7 Å². The van der Waals surface area contributed by atoms with Crippen LogP contribution >= 0.6 is 0 Å². The van der Waals surface area contributed by atoms with Crippen molar-refractivity contribution in [1.29, 1.82) is 0 Å². The summed E-state index contributed by atoms with van der Waals surface area (Å²) in [5, 5.41) is 0. The fourth-order valence-electron chi connectivity index (χ4n) is 7.03. The number of hydrogen-bond acceptors (Lipinski definition) is 14. The van der Waals surface area contributed by atoms with Gasteiger partial charge < -0.3 is 33.2 Å². The lowest BCUT2D eigenvalue weighted by molar-refractivity contribution is -0.156. The number of carbonyl (C=O) groups is 7. The quantitative estimate of drug-likeness (QED) is 0.127. The monoisotopic (exact) mass is 766 g/mol. The summed E-state index contributed by atoms with van der Waals surface area (Å²) in [5.74, 6) is -6.12. The molecule has 2 aliphatic rings. The van der Waals surface area contributed by atoms with Gasteiger partial charge in [0, 0.05) is 71.1 Å². The molecule has 6 atom stereocenters. The standard InChI is InChI=1S/C41H50O14/c1-22-33(50-25(4)43)19-32-36(52-27(6)45)18-31(21-49-24(3)42)35(55-37(48)17-16-30-14-12-11-13-15-30)20-34(51-26(5)44)23(2)39(53-28(7)46)40(54-29(8)47)38(22)41(32,9)10/h11-18,32-36,40H,19-21H2,1-10H3/b17-16+,31-18+,39-23+/t32-,33-,34-,35-,36-,40+/m0/s1. The summed E-state index contributed by atoms with van der Waals surface area (Å²) < 4.78 is 40.8. The second kappa shape index (κ2) is 19.2. The molecule has 2 aliphatic carbocycles. The molecule has 14 heteroatoms. The average Bonchev–Trinajstić information content (AvgIpc) is 3.06. The maximum Gasteiger partial charge on any atom is 0.331 e. The van der Waals surface area contributed by atoms with Crippen LogP contribution < -0.4 is 0 Å². The molecular formula is C41H50O14. The van der Waals surface area contributed by atoms with Gasteiger partial charge in [0.2, 0.25) is 0 Å². The molecule has 1 aromatic carbocycles. The molecule has 0 heterocycles. The van der Waals surface area contributed by atoms with E-state index in [0.717, 1.165) is 20.8 Å². The van der Waals surface area contributed by atoms with Crippen molar-refractivity contribution in [3.8, 4) is 0 Å². The third kappa shape index (κ3) is 12.2. The van der Waals surface area contributed by atoms with Crippen molar-refractivity contribution in [2.24, 2.45) is 11.3 Å². The van der Waals surface area contributed by atoms with Gasteiger partial charge in [-0.2, -0.15) is 0 Å². The fraction of sp³-hybridized carbons (Fsp3) is 0.488. The van der Waals surface area contributed by atoms with Crippen LogP contribution in [0.1, 0.15) is 87.6 Å². The highest BCUT2D eigenvalue weighted by Gasteiger charge is 2.51. The molecule has 2 bridgehead atoms. The van der Waals surface area contributed by atoms with Gasteiger partial charge in [-0.25, -0.2) is 4.79 Å². The molecule has 0 aromatic heterocycles. The van der Waals surface area contributed by atoms with Crippen LogP contribution in [0.2, 0.25) is 0 Å². The first-order valence-electron chi connectivity index (χ1n) is 17.8. The van der Waals surface area contributed by atoms with Crippen molar-refractivity contribution >= 4 is 47.9 Å². The third-order valence-electron chi connectivity index (χ3n) is 9.35. The molecule has 0 N–H and O–H groups in total. The molecule has 0 radical (unpaired) electrons. The summed E-state index contributed by atoms with van der Waals surface area (Å²) in [6, 6.07) is 8.94. The number of esters is 7. The predicted octanol–water partition coefficient (Wildman–Crippen LogP) is 5.43. The summed E-state index contributed by atoms with van der Waals surface area (Å²) in [6.45, 7) is 13.4. The van der Waals surface area contributed by atoms with Crippen LogP contribution in [0.15, 0.2) is 70.5 Å². The van der Waals surface area contributed by atoms with E-state index in [2.05, 4.69) is 0 Å². The van der Waals surface area contributed by atoms with E-state index < -0.39 is 90.2 Å². The minimum Gasteiger partial charge on any atom is -0.461 e. The van der Waals surface area contributed by atoms with Gasteiger partial charge in [-0.05, 0) is 54.5 Å². The van der Waals surface area contributed by atoms with Crippen molar-refractivity contribution in [2.45, 2.75) is 113 Å². The van der Waals surface area contributed by atoms with Crippen LogP contribution in [0.3, 0.4) is 0 Å². The van der Waals surface area contributed by atoms with E-state index >= 15 is 0 Å². The van der Waals surface area contributed by atoms with Gasteiger partial charge in [0.15, 0.2) is 11.9 Å². The van der Waals surface area contributed by atoms with Crippen LogP contribution in [0.5, 0.6) is 0 Å². The Balaban J connectivity index is 2.51. The minimum absolute atomic E-state index is 0.0932. The number of rotatable bonds is 10. The molecule has 298 valence electrons. The van der Waals surface area contributed by atoms with E-state index in [1.807, 2.05) is 6.07 Å². The van der Waals surface area contributed by atoms with Crippen LogP contribution in [0, 0.1) is 11.3 Å². The van der Waals surface area contributed by atoms with Crippen molar-refractivity contribution in [3.63, 3.8) is 0 Å². The Bertz CT molecular complexity index is 1780. The second-order valence-corrected chi connectivity index (χ2v) is 14.0. The summed E-state index contributed by atoms with van der Waals surface area (Å²) >= 11 is 0. The van der Waals surface area contributed by atoms with Gasteiger partial charge in [0.1, 0.15) is 31.0 Å². The SMILES string of the molecule is CC(=O)OC/C1=C\[C@H](OC(C)=O)[C@@H]2C[C@H](OC(C)=O)C(C)=C([C@@H](OC(C)=O)/C(OC(C)=O)=C(/C)[C@@H](OC(C)=O)C[C@@H]1OC(=O)/C=C/c1ccccc1)C2(C)C. The molecule has 0 aliphatic heterocycles. The lowest BCUT2D eigenvalue weighted by Gasteiger charge is -2.48. The molecule has 0 fully saturated rings. The van der Waals surface area contributed by atoms with Gasteiger partial charge in [-0.15, -0.1) is 0 Å². The lowest BCUT2D eigenvalue weighted by atomic mass is 9.60. The normalized spacial score (nSPS) is 26.2. The zero-order valence-electron chi connectivity index (χ0n) is 32.9. The van der Waals surface area contributed by atoms with Crippen molar-refractivity contribution < 1.29 is 66.7 Å². The highest BCUT2D eigenvalue weighted by molar-refractivity contribution is 5.87. The second-order valence-electron chi connectivity index (χ2n) is 14.0. The topological polar surface area (TPSA) is 184 Å². The molecule has 3 rings (SSSR count). The number of hydrogen-bond donors (Lipinski definition) is 0. The van der Waals surface area contributed by atoms with Gasteiger partial charge in [-0.3, -0.25) is 28.8 Å². The Morgan fingerprint density at radius 1 is 0.673 bits per heavy atom. The van der Waals surface area contributed by atoms with Gasteiger partial charge >= 0.3 is 41.8 Å². The molecule has 1 aromatic rings. The summed E-state index contributed by atoms with van der Waals surface area (Å²) in [4.78, 5) is 89.4. The average molecular weight is 767 g/mol. The first-order valence-corrected chi connectivity index (χ1v) is 17.8. The van der Waals surface area contributed by atoms with E-state index in [9.17, 15) is 33.6 Å². The van der Waals surface area contributed by atoms with E-state index in [0.29, 0.717) is 16.7 Å². The molecule has 0 saturated heterocycles. The highest BCUT2D eigenvalue weighted by atomic mass is 16.6. The third-order valence-corrected chi connectivity index (χ3v) is 9.35. The maximum absolute atomic E-state index is 13.5. The highest BCUT2D eigenvalue weighted by Crippen LogP contribution is 2.52. The van der Waals surface area contributed by atoms with E-state index in [1.165, 1.54) is 45.9 Å². The lowest BCUT2D eigenvalue weighted by Crippen LogP contribution is -2.49. The number of ether oxygens (including phenoxy) is 7. The predicted molar refractivity (Wildman–Crippen MR) is 196 cm³/mol. The Labute approximate surface area is 320 Å². The van der Waals surface area contributed by atoms with Crippen LogP contribution in [0.4, 0.5) is 0 Å². The Morgan fingerprint density at radius 3 is 1.76 bits per heavy atom. The first kappa shape index (κ1) is 43.9. The largest absolute Gasteiger partial charge is 0.461 e. The molecule has 14 nitrogen and oxygen atoms in total. The van der Waals surface area contributed by atoms with Crippen LogP contribution in [0.25, 0.3) is 6.08 Å². The Morgan fingerprint density at radius 2 is 1.24 bits per heavy atom. The zero-order valence-corrected chi connectivity index (χ0v) is 32.9. The number of benzene rings is 1. The molecule has 0 unspecified atom stereocenters. The van der Waals surface area contributed by atoms with Gasteiger partial charge in [0.05, 0.1) is 0 Å². The van der Waals surface area contributed by atoms with E-state index in [4.69, 9.17) is 33.2 Å². The van der Waals surface area contributed by atoms with E-state index in [1.54, 1.807) is 45.0 Å². The van der Waals surface area contributed by atoms with Gasteiger partial charge in [0.25, 0.3) is 0 Å². The maximum atomic E-state index is 13.5. The fourth-order valence-corrected chi connectivity index (χ4v) is 7.03. The van der Waals surface area contributed by atoms with E-state index in [-0.39, 0.29) is 29.7 Å². The molecule has 0 spiro atoms. The molecule has 55 heavy (non-hydrogen) atoms. The van der Waals surface area contributed by atoms with Crippen molar-refractivity contribution in [3.05, 3.63) is 76.1 Å². The van der Waals surface area contributed by atoms with Crippen molar-refractivity contribution in [2.75, 3.05) is 6.61 Å². The smallest absolute Gasteiger partial charge is 0.331 e. The Kier molecular flexibility index (Phi) is 15.3. The Hall–Kier alpha value is -5.53. The number of carbonyl (C=O) groups excluding carboxylic acids is 7. The first-order chi connectivity index (χ1) is 25.7. The molecular weight excluding hydrogens is 716 g/mol. The number of fused-ring (bicyclic) bond motifs is 2. The summed E-state index contributed by atoms with van der Waals surface area (Å²) in [7, 11) is 0. The van der Waals surface area contributed by atoms with Gasteiger partial charge in [-0.1, -0.05) is 44.2 Å². The van der Waals surface area contributed by atoms with Crippen molar-refractivity contribution in [1.82, 2.24) is 0 Å².